The van der Waals surface area contributed by atoms with Gasteiger partial charge in [0, 0.05) is 39.0 Å². The fourth-order valence-corrected chi connectivity index (χ4v) is 3.26. The molecule has 1 fully saturated rings. The molecule has 2 unspecified atom stereocenters. The summed E-state index contributed by atoms with van der Waals surface area (Å²) >= 11 is 0. The summed E-state index contributed by atoms with van der Waals surface area (Å²) in [4.78, 5) is 2.46. The SMILES string of the molecule is CCc1nn(C)cc1C(CN)N1CCCC(C)(OC)C1. The molecule has 0 aromatic carbocycles. The van der Waals surface area contributed by atoms with Crippen molar-refractivity contribution in [3.8, 4) is 0 Å². The molecule has 0 spiro atoms. The maximum Gasteiger partial charge on any atom is 0.0777 e. The Morgan fingerprint density at radius 3 is 2.90 bits per heavy atom. The molecule has 0 bridgehead atoms. The highest BCUT2D eigenvalue weighted by atomic mass is 16.5. The van der Waals surface area contributed by atoms with E-state index in [0.717, 1.165) is 38.0 Å². The number of aromatic nitrogens is 2. The van der Waals surface area contributed by atoms with Crippen LogP contribution in [0.25, 0.3) is 0 Å². The molecule has 114 valence electrons. The largest absolute Gasteiger partial charge is 0.377 e. The lowest BCUT2D eigenvalue weighted by Gasteiger charge is -2.43. The van der Waals surface area contributed by atoms with Gasteiger partial charge in [-0.25, -0.2) is 0 Å². The van der Waals surface area contributed by atoms with Gasteiger partial charge in [0.2, 0.25) is 0 Å². The molecule has 1 saturated heterocycles. The van der Waals surface area contributed by atoms with Crippen LogP contribution in [-0.2, 0) is 18.2 Å². The highest BCUT2D eigenvalue weighted by Crippen LogP contribution is 2.31. The number of nitrogens with zero attached hydrogens (tertiary/aromatic N) is 3. The van der Waals surface area contributed by atoms with Crippen LogP contribution in [0.3, 0.4) is 0 Å². The van der Waals surface area contributed by atoms with Gasteiger partial charge in [0.15, 0.2) is 0 Å². The first-order chi connectivity index (χ1) is 9.53. The molecule has 0 aliphatic carbocycles. The number of ether oxygens (including phenoxy) is 1. The third-order valence-electron chi connectivity index (χ3n) is 4.48. The van der Waals surface area contributed by atoms with Gasteiger partial charge < -0.3 is 10.5 Å². The molecule has 2 rings (SSSR count). The molecule has 2 heterocycles. The topological polar surface area (TPSA) is 56.3 Å². The second-order valence-corrected chi connectivity index (χ2v) is 6.04. The van der Waals surface area contributed by atoms with Crippen LogP contribution in [0, 0.1) is 0 Å². The first kappa shape index (κ1) is 15.5. The lowest BCUT2D eigenvalue weighted by Crippen LogP contribution is -2.50. The minimum Gasteiger partial charge on any atom is -0.377 e. The van der Waals surface area contributed by atoms with Crippen LogP contribution in [0.1, 0.15) is 44.0 Å². The lowest BCUT2D eigenvalue weighted by atomic mass is 9.92. The van der Waals surface area contributed by atoms with Crippen molar-refractivity contribution in [2.75, 3.05) is 26.7 Å². The van der Waals surface area contributed by atoms with Crippen LogP contribution < -0.4 is 5.73 Å². The molecule has 5 nitrogen and oxygen atoms in total. The van der Waals surface area contributed by atoms with Crippen molar-refractivity contribution in [3.63, 3.8) is 0 Å². The molecule has 1 aliphatic heterocycles. The van der Waals surface area contributed by atoms with E-state index in [9.17, 15) is 0 Å². The summed E-state index contributed by atoms with van der Waals surface area (Å²) < 4.78 is 7.60. The predicted octanol–water partition coefficient (Wildman–Crippen LogP) is 1.48. The summed E-state index contributed by atoms with van der Waals surface area (Å²) in [6.07, 6.45) is 5.34. The van der Waals surface area contributed by atoms with Crippen LogP contribution in [0.2, 0.25) is 0 Å². The Bertz CT molecular complexity index is 445. The zero-order valence-corrected chi connectivity index (χ0v) is 13.2. The van der Waals surface area contributed by atoms with Crippen LogP contribution in [-0.4, -0.2) is 47.0 Å². The molecule has 0 radical (unpaired) electrons. The summed E-state index contributed by atoms with van der Waals surface area (Å²) in [6, 6.07) is 0.244. The van der Waals surface area contributed by atoms with Crippen LogP contribution in [0.15, 0.2) is 6.20 Å². The molecular weight excluding hydrogens is 252 g/mol. The maximum absolute atomic E-state index is 6.08. The molecule has 0 amide bonds. The van der Waals surface area contributed by atoms with Crippen molar-refractivity contribution in [1.82, 2.24) is 14.7 Å². The standard InChI is InChI=1S/C15H28N4O/c1-5-13-12(10-18(3)17-13)14(9-16)19-8-6-7-15(2,11-19)20-4/h10,14H,5-9,11,16H2,1-4H3. The minimum absolute atomic E-state index is 0.0553. The summed E-state index contributed by atoms with van der Waals surface area (Å²) in [7, 11) is 3.79. The van der Waals surface area contributed by atoms with E-state index in [2.05, 4.69) is 30.0 Å². The number of methoxy groups -OCH3 is 1. The predicted molar refractivity (Wildman–Crippen MR) is 80.6 cm³/mol. The van der Waals surface area contributed by atoms with E-state index >= 15 is 0 Å². The molecule has 5 heteroatoms. The number of hydrogen-bond acceptors (Lipinski definition) is 4. The van der Waals surface area contributed by atoms with Crippen molar-refractivity contribution in [2.24, 2.45) is 12.8 Å². The number of rotatable bonds is 5. The molecular formula is C15H28N4O. The first-order valence-electron chi connectivity index (χ1n) is 7.54. The van der Waals surface area contributed by atoms with Crippen LogP contribution in [0.4, 0.5) is 0 Å². The number of likely N-dealkylation sites (tertiary alicyclic amines) is 1. The molecule has 1 aliphatic rings. The van der Waals surface area contributed by atoms with E-state index in [1.807, 2.05) is 18.8 Å². The van der Waals surface area contributed by atoms with Gasteiger partial charge in [0.25, 0.3) is 0 Å². The van der Waals surface area contributed by atoms with Gasteiger partial charge in [0.05, 0.1) is 17.3 Å². The van der Waals surface area contributed by atoms with Crippen LogP contribution in [0.5, 0.6) is 0 Å². The van der Waals surface area contributed by atoms with Crippen LogP contribution >= 0.6 is 0 Å². The molecule has 1 aromatic rings. The summed E-state index contributed by atoms with van der Waals surface area (Å²) in [5.74, 6) is 0. The maximum atomic E-state index is 6.08. The number of hydrogen-bond donors (Lipinski definition) is 1. The normalized spacial score (nSPS) is 25.9. The van der Waals surface area contributed by atoms with E-state index in [1.54, 1.807) is 0 Å². The van der Waals surface area contributed by atoms with E-state index < -0.39 is 0 Å². The Morgan fingerprint density at radius 2 is 2.30 bits per heavy atom. The molecule has 2 atom stereocenters. The zero-order valence-electron chi connectivity index (χ0n) is 13.2. The third-order valence-corrected chi connectivity index (χ3v) is 4.48. The summed E-state index contributed by atoms with van der Waals surface area (Å²) in [5, 5.41) is 4.55. The van der Waals surface area contributed by atoms with E-state index in [1.165, 1.54) is 5.56 Å². The molecule has 1 aromatic heterocycles. The molecule has 0 saturated carbocycles. The summed E-state index contributed by atoms with van der Waals surface area (Å²) in [6.45, 7) is 6.98. The number of nitrogens with two attached hydrogens (primary N) is 1. The monoisotopic (exact) mass is 280 g/mol. The Hall–Kier alpha value is -0.910. The van der Waals surface area contributed by atoms with Gasteiger partial charge in [-0.1, -0.05) is 6.92 Å². The highest BCUT2D eigenvalue weighted by Gasteiger charge is 2.35. The quantitative estimate of drug-likeness (QED) is 0.887. The Balaban J connectivity index is 2.23. The lowest BCUT2D eigenvalue weighted by molar-refractivity contribution is -0.0609. The Morgan fingerprint density at radius 1 is 1.55 bits per heavy atom. The average Bonchev–Trinajstić information content (AvgIpc) is 2.81. The first-order valence-corrected chi connectivity index (χ1v) is 7.54. The van der Waals surface area contributed by atoms with Gasteiger partial charge in [-0.3, -0.25) is 9.58 Å². The number of aryl methyl sites for hydroxylation is 2. The van der Waals surface area contributed by atoms with E-state index in [-0.39, 0.29) is 11.6 Å². The Kier molecular flexibility index (Phi) is 4.83. The Labute approximate surface area is 122 Å². The minimum atomic E-state index is -0.0553. The van der Waals surface area contributed by atoms with Crippen molar-refractivity contribution < 1.29 is 4.74 Å². The smallest absolute Gasteiger partial charge is 0.0777 e. The van der Waals surface area contributed by atoms with Gasteiger partial charge in [-0.15, -0.1) is 0 Å². The second kappa shape index (κ2) is 6.24. The number of piperidine rings is 1. The zero-order chi connectivity index (χ0) is 14.8. The second-order valence-electron chi connectivity index (χ2n) is 6.04. The van der Waals surface area contributed by atoms with Gasteiger partial charge in [-0.2, -0.15) is 5.10 Å². The average molecular weight is 280 g/mol. The highest BCUT2D eigenvalue weighted by molar-refractivity contribution is 5.22. The third kappa shape index (κ3) is 3.05. The van der Waals surface area contributed by atoms with Gasteiger partial charge in [-0.05, 0) is 32.7 Å². The fraction of sp³-hybridized carbons (Fsp3) is 0.800. The van der Waals surface area contributed by atoms with Crippen molar-refractivity contribution in [2.45, 2.75) is 44.8 Å². The molecule has 2 N–H and O–H groups in total. The van der Waals surface area contributed by atoms with E-state index in [0.29, 0.717) is 6.54 Å². The van der Waals surface area contributed by atoms with Gasteiger partial charge >= 0.3 is 0 Å². The molecule has 20 heavy (non-hydrogen) atoms. The van der Waals surface area contributed by atoms with Gasteiger partial charge in [0.1, 0.15) is 0 Å². The van der Waals surface area contributed by atoms with Crippen molar-refractivity contribution in [1.29, 1.82) is 0 Å². The van der Waals surface area contributed by atoms with Crippen molar-refractivity contribution in [3.05, 3.63) is 17.5 Å². The fourth-order valence-electron chi connectivity index (χ4n) is 3.26. The summed E-state index contributed by atoms with van der Waals surface area (Å²) in [5.41, 5.74) is 8.46. The van der Waals surface area contributed by atoms with Crippen molar-refractivity contribution >= 4 is 0 Å². The van der Waals surface area contributed by atoms with E-state index in [4.69, 9.17) is 10.5 Å².